The van der Waals surface area contributed by atoms with Crippen LogP contribution in [0.5, 0.6) is 0 Å². The molecule has 3 aromatic rings. The van der Waals surface area contributed by atoms with Gasteiger partial charge in [-0.1, -0.05) is 45.9 Å². The Kier molecular flexibility index (Phi) is 4.42. The number of alkyl halides is 2. The van der Waals surface area contributed by atoms with Crippen molar-refractivity contribution in [2.24, 2.45) is 0 Å². The lowest BCUT2D eigenvalue weighted by Crippen LogP contribution is -1.86. The molecule has 0 aliphatic carbocycles. The Morgan fingerprint density at radius 2 is 2.14 bits per heavy atom. The van der Waals surface area contributed by atoms with E-state index in [0.29, 0.717) is 13.6 Å². The molecule has 0 saturated heterocycles. The molecular weight excluding hydrogens is 357 g/mol. The number of thiazole rings is 1. The first-order valence-electron chi connectivity index (χ1n) is 5.87. The zero-order chi connectivity index (χ0) is 15.7. The van der Waals surface area contributed by atoms with Crippen LogP contribution < -0.4 is 0 Å². The van der Waals surface area contributed by atoms with E-state index in [0.717, 1.165) is 6.07 Å². The molecule has 0 atom stereocenters. The van der Waals surface area contributed by atoms with Gasteiger partial charge in [-0.05, 0) is 12.1 Å². The Balaban J connectivity index is 2.02. The number of aromatic nitrogens is 2. The van der Waals surface area contributed by atoms with Crippen LogP contribution in [0.25, 0.3) is 11.3 Å². The van der Waals surface area contributed by atoms with Gasteiger partial charge in [0.15, 0.2) is 10.1 Å². The Labute approximate surface area is 136 Å². The summed E-state index contributed by atoms with van der Waals surface area (Å²) in [5, 5.41) is 3.25. The molecule has 2 aromatic heterocycles. The average Bonchev–Trinajstić information content (AvgIpc) is 3.08. The molecule has 0 radical (unpaired) electrons. The van der Waals surface area contributed by atoms with Crippen LogP contribution >= 0.6 is 34.7 Å². The zero-order valence-electron chi connectivity index (χ0n) is 10.6. The monoisotopic (exact) mass is 362 g/mol. The predicted molar refractivity (Wildman–Crippen MR) is 78.1 cm³/mol. The van der Waals surface area contributed by atoms with E-state index in [-0.39, 0.29) is 11.3 Å². The molecule has 0 saturated carbocycles. The molecule has 0 aliphatic rings. The molecule has 22 heavy (non-hydrogen) atoms. The van der Waals surface area contributed by atoms with Gasteiger partial charge in [0.05, 0.1) is 11.8 Å². The second kappa shape index (κ2) is 6.31. The lowest BCUT2D eigenvalue weighted by molar-refractivity contribution is 0.140. The van der Waals surface area contributed by atoms with Gasteiger partial charge < -0.3 is 4.52 Å². The highest BCUT2D eigenvalue weighted by atomic mass is 35.5. The summed E-state index contributed by atoms with van der Waals surface area (Å²) in [5.41, 5.74) is -0.468. The fourth-order valence-corrected chi connectivity index (χ4v) is 3.95. The lowest BCUT2D eigenvalue weighted by atomic mass is 10.1. The highest BCUT2D eigenvalue weighted by Gasteiger charge is 2.20. The molecule has 0 fully saturated rings. The Bertz CT molecular complexity index is 806. The molecule has 0 aliphatic heterocycles. The topological polar surface area (TPSA) is 38.9 Å². The van der Waals surface area contributed by atoms with Gasteiger partial charge in [-0.15, -0.1) is 0 Å². The maximum absolute atomic E-state index is 14.1. The first-order valence-corrected chi connectivity index (χ1v) is 7.88. The summed E-state index contributed by atoms with van der Waals surface area (Å²) in [5.74, 6) is -0.650. The van der Waals surface area contributed by atoms with E-state index in [4.69, 9.17) is 16.1 Å². The maximum atomic E-state index is 14.1. The van der Waals surface area contributed by atoms with Crippen LogP contribution in [0, 0.1) is 5.82 Å². The highest BCUT2D eigenvalue weighted by Crippen LogP contribution is 2.40. The SMILES string of the molecule is Fc1cccc(Sc2ncc(Cl)s2)c1-c1cc(C(F)F)no1. The molecular formula is C13H6ClF3N2OS2. The van der Waals surface area contributed by atoms with E-state index in [1.54, 1.807) is 6.07 Å². The molecule has 0 bridgehead atoms. The fourth-order valence-electron chi connectivity index (χ4n) is 1.72. The van der Waals surface area contributed by atoms with Gasteiger partial charge in [-0.3, -0.25) is 0 Å². The number of hydrogen-bond acceptors (Lipinski definition) is 5. The summed E-state index contributed by atoms with van der Waals surface area (Å²) in [6, 6.07) is 5.41. The van der Waals surface area contributed by atoms with Crippen LogP contribution in [-0.2, 0) is 0 Å². The third-order valence-corrected chi connectivity index (χ3v) is 4.88. The summed E-state index contributed by atoms with van der Waals surface area (Å²) < 4.78 is 45.3. The molecule has 0 spiro atoms. The van der Waals surface area contributed by atoms with Gasteiger partial charge in [0.1, 0.15) is 15.8 Å². The van der Waals surface area contributed by atoms with Crippen molar-refractivity contribution < 1.29 is 17.7 Å². The molecule has 0 amide bonds. The van der Waals surface area contributed by atoms with Crippen molar-refractivity contribution in [3.8, 4) is 11.3 Å². The van der Waals surface area contributed by atoms with Crippen molar-refractivity contribution >= 4 is 34.7 Å². The summed E-state index contributed by atoms with van der Waals surface area (Å²) in [4.78, 5) is 4.54. The molecule has 114 valence electrons. The zero-order valence-corrected chi connectivity index (χ0v) is 13.0. The van der Waals surface area contributed by atoms with E-state index < -0.39 is 17.9 Å². The molecule has 1 aromatic carbocycles. The first-order chi connectivity index (χ1) is 10.5. The number of benzene rings is 1. The van der Waals surface area contributed by atoms with Gasteiger partial charge in [0.25, 0.3) is 6.43 Å². The minimum atomic E-state index is -2.78. The summed E-state index contributed by atoms with van der Waals surface area (Å²) in [7, 11) is 0. The minimum Gasteiger partial charge on any atom is -0.356 e. The van der Waals surface area contributed by atoms with Crippen molar-refractivity contribution in [2.45, 2.75) is 15.7 Å². The third-order valence-electron chi connectivity index (χ3n) is 2.63. The Hall–Kier alpha value is -1.51. The first kappa shape index (κ1) is 15.4. The van der Waals surface area contributed by atoms with Crippen molar-refractivity contribution in [3.05, 3.63) is 46.3 Å². The third kappa shape index (κ3) is 3.13. The van der Waals surface area contributed by atoms with Crippen LogP contribution in [0.15, 0.2) is 44.2 Å². The number of halogens is 4. The quantitative estimate of drug-likeness (QED) is 0.598. The van der Waals surface area contributed by atoms with Gasteiger partial charge in [0.2, 0.25) is 0 Å². The minimum absolute atomic E-state index is 0.0569. The van der Waals surface area contributed by atoms with Crippen molar-refractivity contribution in [2.75, 3.05) is 0 Å². The fraction of sp³-hybridized carbons (Fsp3) is 0.0769. The highest BCUT2D eigenvalue weighted by molar-refractivity contribution is 8.01. The summed E-state index contributed by atoms with van der Waals surface area (Å²) in [6.45, 7) is 0. The molecule has 2 heterocycles. The smallest absolute Gasteiger partial charge is 0.283 e. The van der Waals surface area contributed by atoms with Gasteiger partial charge in [-0.2, -0.15) is 0 Å². The van der Waals surface area contributed by atoms with Crippen LogP contribution in [0.4, 0.5) is 13.2 Å². The van der Waals surface area contributed by atoms with Crippen LogP contribution in [0.2, 0.25) is 4.34 Å². The molecule has 9 heteroatoms. The van der Waals surface area contributed by atoms with Crippen molar-refractivity contribution in [1.29, 1.82) is 0 Å². The van der Waals surface area contributed by atoms with E-state index in [9.17, 15) is 13.2 Å². The normalized spacial score (nSPS) is 11.3. The van der Waals surface area contributed by atoms with Gasteiger partial charge in [-0.25, -0.2) is 18.2 Å². The van der Waals surface area contributed by atoms with Gasteiger partial charge >= 0.3 is 0 Å². The molecule has 0 unspecified atom stereocenters. The van der Waals surface area contributed by atoms with E-state index in [1.165, 1.54) is 41.4 Å². The molecule has 3 rings (SSSR count). The van der Waals surface area contributed by atoms with E-state index >= 15 is 0 Å². The lowest BCUT2D eigenvalue weighted by Gasteiger charge is -2.05. The van der Waals surface area contributed by atoms with E-state index in [1.807, 2.05) is 0 Å². The second-order valence-electron chi connectivity index (χ2n) is 4.06. The van der Waals surface area contributed by atoms with Crippen LogP contribution in [-0.4, -0.2) is 10.1 Å². The van der Waals surface area contributed by atoms with E-state index in [2.05, 4.69) is 10.1 Å². The number of nitrogens with zero attached hydrogens (tertiary/aromatic N) is 2. The largest absolute Gasteiger partial charge is 0.356 e. The predicted octanol–water partition coefficient (Wildman–Crippen LogP) is 5.68. The Morgan fingerprint density at radius 3 is 2.77 bits per heavy atom. The summed E-state index contributed by atoms with van der Waals surface area (Å²) >= 11 is 8.21. The number of hydrogen-bond donors (Lipinski definition) is 0. The standard InChI is InChI=1S/C13H6ClF3N2OS2/c14-10-5-18-13(22-10)21-9-3-1-2-6(15)11(9)8-4-7(12(16)17)19-20-8/h1-5,12H. The maximum Gasteiger partial charge on any atom is 0.283 e. The number of rotatable bonds is 4. The summed E-state index contributed by atoms with van der Waals surface area (Å²) in [6.07, 6.45) is -1.30. The van der Waals surface area contributed by atoms with Crippen molar-refractivity contribution in [1.82, 2.24) is 10.1 Å². The Morgan fingerprint density at radius 1 is 1.32 bits per heavy atom. The van der Waals surface area contributed by atoms with Gasteiger partial charge in [0, 0.05) is 11.0 Å². The average molecular weight is 363 g/mol. The van der Waals surface area contributed by atoms with Crippen LogP contribution in [0.1, 0.15) is 12.1 Å². The second-order valence-corrected chi connectivity index (χ2v) is 7.01. The van der Waals surface area contributed by atoms with Crippen LogP contribution in [0.3, 0.4) is 0 Å². The molecule has 0 N–H and O–H groups in total. The van der Waals surface area contributed by atoms with Crippen molar-refractivity contribution in [3.63, 3.8) is 0 Å². The molecule has 3 nitrogen and oxygen atoms in total.